The third-order valence-electron chi connectivity index (χ3n) is 4.98. The quantitative estimate of drug-likeness (QED) is 0.312. The number of amides is 1. The monoisotopic (exact) mass is 457 g/mol. The Morgan fingerprint density at radius 1 is 1.15 bits per heavy atom. The number of nitrogens with zero attached hydrogens (tertiary/aromatic N) is 1. The van der Waals surface area contributed by atoms with Crippen LogP contribution in [0.25, 0.3) is 0 Å². The van der Waals surface area contributed by atoms with Crippen LogP contribution in [-0.4, -0.2) is 43.5 Å². The van der Waals surface area contributed by atoms with Gasteiger partial charge in [-0.3, -0.25) is 10.2 Å². The predicted molar refractivity (Wildman–Crippen MR) is 123 cm³/mol. The molecule has 3 rings (SSSR count). The molecule has 0 aromatic heterocycles. The molecule has 2 aromatic rings. The summed E-state index contributed by atoms with van der Waals surface area (Å²) in [5.74, 6) is -1.11. The van der Waals surface area contributed by atoms with E-state index < -0.39 is 17.7 Å². The summed E-state index contributed by atoms with van der Waals surface area (Å²) in [5.41, 5.74) is 3.01. The summed E-state index contributed by atoms with van der Waals surface area (Å²) in [6, 6.07) is 11.0. The van der Waals surface area contributed by atoms with Crippen molar-refractivity contribution in [2.75, 3.05) is 30.6 Å². The highest BCUT2D eigenvalue weighted by atomic mass is 19.1. The Morgan fingerprint density at radius 2 is 1.91 bits per heavy atom. The lowest BCUT2D eigenvalue weighted by Crippen LogP contribution is -2.18. The molecule has 2 aromatic carbocycles. The number of hydrogen-bond donors (Lipinski definition) is 2. The van der Waals surface area contributed by atoms with E-state index in [0.717, 1.165) is 19.4 Å². The number of hydrazone groups is 1. The molecular formula is C24H28FN3O5. The smallest absolute Gasteiger partial charge is 0.354 e. The Labute approximate surface area is 192 Å². The lowest BCUT2D eigenvalue weighted by atomic mass is 10.2. The van der Waals surface area contributed by atoms with Crippen LogP contribution in [0.2, 0.25) is 0 Å². The Balaban J connectivity index is 1.62. The van der Waals surface area contributed by atoms with Crippen molar-refractivity contribution in [1.82, 2.24) is 0 Å². The van der Waals surface area contributed by atoms with Crippen molar-refractivity contribution in [3.8, 4) is 5.75 Å². The van der Waals surface area contributed by atoms with E-state index in [1.54, 1.807) is 44.2 Å². The number of ether oxygens (including phenoxy) is 3. The van der Waals surface area contributed by atoms with E-state index in [2.05, 4.69) is 15.8 Å². The summed E-state index contributed by atoms with van der Waals surface area (Å²) in [6.45, 7) is 4.88. The maximum absolute atomic E-state index is 14.9. The molecule has 1 aliphatic rings. The van der Waals surface area contributed by atoms with Crippen LogP contribution < -0.4 is 15.5 Å². The van der Waals surface area contributed by atoms with E-state index in [1.807, 2.05) is 0 Å². The average molecular weight is 458 g/mol. The van der Waals surface area contributed by atoms with Gasteiger partial charge < -0.3 is 19.5 Å². The molecule has 33 heavy (non-hydrogen) atoms. The van der Waals surface area contributed by atoms with Gasteiger partial charge in [-0.2, -0.15) is 5.10 Å². The normalized spacial score (nSPS) is 15.7. The van der Waals surface area contributed by atoms with Gasteiger partial charge in [0.1, 0.15) is 18.1 Å². The topological polar surface area (TPSA) is 98.2 Å². The van der Waals surface area contributed by atoms with E-state index in [-0.39, 0.29) is 29.8 Å². The molecule has 2 N–H and O–H groups in total. The summed E-state index contributed by atoms with van der Waals surface area (Å²) < 4.78 is 31.0. The van der Waals surface area contributed by atoms with Crippen LogP contribution in [0.15, 0.2) is 47.6 Å². The molecule has 1 aliphatic heterocycles. The number of nitrogens with one attached hydrogen (secondary N) is 2. The molecule has 1 amide bonds. The summed E-state index contributed by atoms with van der Waals surface area (Å²) >= 11 is 0. The molecule has 1 heterocycles. The van der Waals surface area contributed by atoms with E-state index >= 15 is 0 Å². The minimum Gasteiger partial charge on any atom is -0.491 e. The summed E-state index contributed by atoms with van der Waals surface area (Å²) in [5, 5.41) is 6.50. The molecule has 0 spiro atoms. The fraction of sp³-hybridized carbons (Fsp3) is 0.375. The first-order valence-electron chi connectivity index (χ1n) is 11.0. The lowest BCUT2D eigenvalue weighted by Gasteiger charge is -2.12. The highest BCUT2D eigenvalue weighted by Crippen LogP contribution is 2.24. The zero-order valence-electron chi connectivity index (χ0n) is 18.7. The van der Waals surface area contributed by atoms with Gasteiger partial charge in [-0.05, 0) is 62.6 Å². The number of carbonyl (C=O) groups is 2. The van der Waals surface area contributed by atoms with Gasteiger partial charge in [0.25, 0.3) is 5.91 Å². The summed E-state index contributed by atoms with van der Waals surface area (Å²) in [6.07, 6.45) is 2.44. The van der Waals surface area contributed by atoms with Gasteiger partial charge in [0.2, 0.25) is 0 Å². The first kappa shape index (κ1) is 24.2. The molecular weight excluding hydrogens is 429 g/mol. The first-order valence-corrected chi connectivity index (χ1v) is 11.0. The van der Waals surface area contributed by atoms with E-state index in [0.29, 0.717) is 24.3 Å². The van der Waals surface area contributed by atoms with Crippen LogP contribution in [-0.2, 0) is 14.3 Å². The maximum atomic E-state index is 14.9. The second-order valence-corrected chi connectivity index (χ2v) is 7.34. The minimum absolute atomic E-state index is 0.0147. The van der Waals surface area contributed by atoms with Crippen LogP contribution in [0.5, 0.6) is 5.75 Å². The molecule has 1 atom stereocenters. The Morgan fingerprint density at radius 3 is 2.58 bits per heavy atom. The van der Waals surface area contributed by atoms with E-state index in [1.165, 1.54) is 12.1 Å². The van der Waals surface area contributed by atoms with E-state index in [9.17, 15) is 14.0 Å². The molecule has 1 fully saturated rings. The number of esters is 1. The van der Waals surface area contributed by atoms with Crippen molar-refractivity contribution in [3.05, 3.63) is 53.8 Å². The number of benzene rings is 2. The van der Waals surface area contributed by atoms with Crippen molar-refractivity contribution in [2.45, 2.75) is 39.2 Å². The zero-order valence-corrected chi connectivity index (χ0v) is 18.7. The maximum Gasteiger partial charge on any atom is 0.354 e. The molecule has 0 aliphatic carbocycles. The fourth-order valence-electron chi connectivity index (χ4n) is 3.19. The van der Waals surface area contributed by atoms with Gasteiger partial charge in [-0.1, -0.05) is 13.0 Å². The highest BCUT2D eigenvalue weighted by Gasteiger charge is 2.17. The number of rotatable bonds is 10. The van der Waals surface area contributed by atoms with Crippen molar-refractivity contribution in [1.29, 1.82) is 0 Å². The second-order valence-electron chi connectivity index (χ2n) is 7.34. The predicted octanol–water partition coefficient (Wildman–Crippen LogP) is 4.38. The minimum atomic E-state index is -0.703. The van der Waals surface area contributed by atoms with Crippen molar-refractivity contribution in [3.63, 3.8) is 0 Å². The number of halogens is 1. The van der Waals surface area contributed by atoms with Crippen molar-refractivity contribution < 1.29 is 28.2 Å². The van der Waals surface area contributed by atoms with E-state index in [4.69, 9.17) is 14.2 Å². The zero-order chi connectivity index (χ0) is 23.6. The van der Waals surface area contributed by atoms with Crippen LogP contribution in [0.3, 0.4) is 0 Å². The van der Waals surface area contributed by atoms with Crippen molar-refractivity contribution >= 4 is 29.0 Å². The molecule has 0 bridgehead atoms. The Kier molecular flexibility index (Phi) is 8.77. The van der Waals surface area contributed by atoms with Crippen molar-refractivity contribution in [2.24, 2.45) is 5.10 Å². The molecule has 0 saturated carbocycles. The molecule has 176 valence electrons. The van der Waals surface area contributed by atoms with Gasteiger partial charge in [0, 0.05) is 12.2 Å². The lowest BCUT2D eigenvalue weighted by molar-refractivity contribution is -0.135. The van der Waals surface area contributed by atoms with Gasteiger partial charge >= 0.3 is 5.97 Å². The summed E-state index contributed by atoms with van der Waals surface area (Å²) in [4.78, 5) is 24.4. The number of anilines is 2. The largest absolute Gasteiger partial charge is 0.491 e. The molecule has 8 nitrogen and oxygen atoms in total. The highest BCUT2D eigenvalue weighted by molar-refractivity contribution is 6.36. The standard InChI is InChI=1S/C24H28FN3O5/c1-3-19(24(30)31-4-2)27-28-21-9-5-8-20(22(21)25)26-23(29)16-10-12-17(13-11-16)33-15-18-7-6-14-32-18/h5,8-13,18,28H,3-4,6-7,14-15H2,1-2H3,(H,26,29)/b27-19+/t18-/m0/s1. The summed E-state index contributed by atoms with van der Waals surface area (Å²) in [7, 11) is 0. The Bertz CT molecular complexity index is 988. The molecule has 1 saturated heterocycles. The third-order valence-corrected chi connectivity index (χ3v) is 4.98. The second kappa shape index (κ2) is 12.0. The number of hydrogen-bond acceptors (Lipinski definition) is 7. The molecule has 9 heteroatoms. The van der Waals surface area contributed by atoms with Gasteiger partial charge in [-0.25, -0.2) is 9.18 Å². The first-order chi connectivity index (χ1) is 16.0. The van der Waals surface area contributed by atoms with Crippen LogP contribution in [0.1, 0.15) is 43.5 Å². The average Bonchev–Trinajstić information content (AvgIpc) is 3.34. The van der Waals surface area contributed by atoms with Crippen LogP contribution >= 0.6 is 0 Å². The van der Waals surface area contributed by atoms with Crippen LogP contribution in [0, 0.1) is 5.82 Å². The van der Waals surface area contributed by atoms with Gasteiger partial charge in [0.05, 0.1) is 24.1 Å². The van der Waals surface area contributed by atoms with Gasteiger partial charge in [0.15, 0.2) is 5.82 Å². The molecule has 0 radical (unpaired) electrons. The SMILES string of the molecule is CCOC(=O)/C(CC)=N/Nc1cccc(NC(=O)c2ccc(OC[C@@H]3CCCO3)cc2)c1F. The molecule has 0 unspecified atom stereocenters. The fourth-order valence-corrected chi connectivity index (χ4v) is 3.19. The van der Waals surface area contributed by atoms with Gasteiger partial charge in [-0.15, -0.1) is 0 Å². The Hall–Kier alpha value is -3.46. The third kappa shape index (κ3) is 6.76. The number of carbonyl (C=O) groups excluding carboxylic acids is 2. The van der Waals surface area contributed by atoms with Crippen LogP contribution in [0.4, 0.5) is 15.8 Å².